The van der Waals surface area contributed by atoms with Crippen molar-refractivity contribution in [3.8, 4) is 0 Å². The average molecular weight is 627 g/mol. The van der Waals surface area contributed by atoms with Gasteiger partial charge in [-0.05, 0) is 73.8 Å². The van der Waals surface area contributed by atoms with Gasteiger partial charge in [0.15, 0.2) is 12.6 Å². The summed E-state index contributed by atoms with van der Waals surface area (Å²) in [7, 11) is 0. The molecule has 44 heavy (non-hydrogen) atoms. The second kappa shape index (κ2) is 13.4. The van der Waals surface area contributed by atoms with E-state index in [9.17, 15) is 35.7 Å². The zero-order valence-corrected chi connectivity index (χ0v) is 26.0. The van der Waals surface area contributed by atoms with Crippen LogP contribution in [0.25, 0.3) is 0 Å². The summed E-state index contributed by atoms with van der Waals surface area (Å²) in [4.78, 5) is 0. The van der Waals surface area contributed by atoms with Crippen LogP contribution in [0.4, 0.5) is 0 Å². The van der Waals surface area contributed by atoms with Gasteiger partial charge in [-0.2, -0.15) is 0 Å². The second-order valence-corrected chi connectivity index (χ2v) is 13.9. The van der Waals surface area contributed by atoms with Crippen LogP contribution >= 0.6 is 0 Å². The first kappa shape index (κ1) is 33.9. The lowest BCUT2D eigenvalue weighted by Crippen LogP contribution is -2.65. The van der Waals surface area contributed by atoms with Crippen molar-refractivity contribution in [3.05, 3.63) is 35.3 Å². The maximum atomic E-state index is 11.1. The van der Waals surface area contributed by atoms with Crippen LogP contribution in [0.2, 0.25) is 0 Å². The van der Waals surface area contributed by atoms with Gasteiger partial charge in [-0.3, -0.25) is 0 Å². The predicted molar refractivity (Wildman–Crippen MR) is 155 cm³/mol. The summed E-state index contributed by atoms with van der Waals surface area (Å²) < 4.78 is 29.3. The Morgan fingerprint density at radius 2 is 1.48 bits per heavy atom. The first-order valence-electron chi connectivity index (χ1n) is 15.8. The highest BCUT2D eigenvalue weighted by Crippen LogP contribution is 2.61. The lowest BCUT2D eigenvalue weighted by molar-refractivity contribution is -0.377. The molecule has 2 saturated heterocycles. The number of rotatable bonds is 9. The molecule has 1 aromatic heterocycles. The lowest BCUT2D eigenvalue weighted by Gasteiger charge is -2.58. The second-order valence-electron chi connectivity index (χ2n) is 13.9. The highest BCUT2D eigenvalue weighted by molar-refractivity contribution is 5.29. The molecule has 3 fully saturated rings. The molecular weight excluding hydrogens is 576 g/mol. The molecule has 250 valence electrons. The minimum absolute atomic E-state index is 0.0432. The van der Waals surface area contributed by atoms with Gasteiger partial charge in [-0.25, -0.2) is 0 Å². The van der Waals surface area contributed by atoms with E-state index in [-0.39, 0.29) is 22.9 Å². The molecule has 2 aliphatic carbocycles. The minimum Gasteiger partial charge on any atom is -0.472 e. The Morgan fingerprint density at radius 1 is 0.818 bits per heavy atom. The fourth-order valence-electron chi connectivity index (χ4n) is 8.33. The van der Waals surface area contributed by atoms with Crippen LogP contribution < -0.4 is 0 Å². The molecule has 13 atom stereocenters. The molecule has 1 saturated carbocycles. The van der Waals surface area contributed by atoms with Crippen molar-refractivity contribution in [2.24, 2.45) is 16.7 Å². The minimum atomic E-state index is -1.72. The Balaban J connectivity index is 1.36. The summed E-state index contributed by atoms with van der Waals surface area (Å²) in [5.74, 6) is 0.273. The van der Waals surface area contributed by atoms with Gasteiger partial charge in [0.25, 0.3) is 0 Å². The number of allylic oxidation sites excluding steroid dienone is 2. The van der Waals surface area contributed by atoms with Gasteiger partial charge in [0.2, 0.25) is 0 Å². The summed E-state index contributed by atoms with van der Waals surface area (Å²) in [6, 6.07) is 2.00. The molecule has 0 amide bonds. The smallest absolute Gasteiger partial charge is 0.187 e. The van der Waals surface area contributed by atoms with Gasteiger partial charge in [-0.15, -0.1) is 0 Å². The highest BCUT2D eigenvalue weighted by atomic mass is 16.8. The third-order valence-corrected chi connectivity index (χ3v) is 10.9. The predicted octanol–water partition coefficient (Wildman–Crippen LogP) is 0.774. The summed E-state index contributed by atoms with van der Waals surface area (Å²) in [5, 5.41) is 72.3. The quantitative estimate of drug-likeness (QED) is 0.191. The Hall–Kier alpha value is -1.42. The van der Waals surface area contributed by atoms with Crippen molar-refractivity contribution in [1.82, 2.24) is 0 Å². The zero-order chi connectivity index (χ0) is 32.0. The molecule has 2 aliphatic heterocycles. The van der Waals surface area contributed by atoms with Crippen molar-refractivity contribution in [3.63, 3.8) is 0 Å². The van der Waals surface area contributed by atoms with Crippen LogP contribution in [0, 0.1) is 16.7 Å². The highest BCUT2D eigenvalue weighted by Gasteiger charge is 2.57. The van der Waals surface area contributed by atoms with E-state index < -0.39 is 74.6 Å². The molecule has 4 aliphatic rings. The molecule has 0 spiro atoms. The average Bonchev–Trinajstić information content (AvgIpc) is 3.51. The van der Waals surface area contributed by atoms with Gasteiger partial charge >= 0.3 is 0 Å². The van der Waals surface area contributed by atoms with E-state index in [0.717, 1.165) is 32.1 Å². The normalized spacial score (nSPS) is 44.4. The van der Waals surface area contributed by atoms with Crippen LogP contribution in [-0.2, 0) is 25.4 Å². The van der Waals surface area contributed by atoms with Crippen LogP contribution in [0.3, 0.4) is 0 Å². The number of fused-ring (bicyclic) bond motifs is 1. The molecule has 12 heteroatoms. The van der Waals surface area contributed by atoms with Crippen molar-refractivity contribution in [2.75, 3.05) is 13.2 Å². The zero-order valence-electron chi connectivity index (χ0n) is 26.0. The Labute approximate surface area is 258 Å². The maximum absolute atomic E-state index is 11.1. The number of hydrogen-bond acceptors (Lipinski definition) is 12. The molecule has 0 aromatic carbocycles. The maximum Gasteiger partial charge on any atom is 0.187 e. The summed E-state index contributed by atoms with van der Waals surface area (Å²) >= 11 is 0. The topological polar surface area (TPSA) is 192 Å². The number of furan rings is 1. The Bertz CT molecular complexity index is 1120. The van der Waals surface area contributed by atoms with Crippen LogP contribution in [0.15, 0.2) is 34.2 Å². The molecule has 3 heterocycles. The van der Waals surface area contributed by atoms with Gasteiger partial charge < -0.3 is 59.1 Å². The van der Waals surface area contributed by atoms with Crippen LogP contribution in [0.1, 0.15) is 65.4 Å². The first-order chi connectivity index (χ1) is 20.8. The number of aliphatic hydroxyl groups is 7. The lowest BCUT2D eigenvalue weighted by atomic mass is 9.49. The monoisotopic (exact) mass is 626 g/mol. The molecule has 12 nitrogen and oxygen atoms in total. The largest absolute Gasteiger partial charge is 0.472 e. The fourth-order valence-corrected chi connectivity index (χ4v) is 8.33. The van der Waals surface area contributed by atoms with E-state index >= 15 is 0 Å². The van der Waals surface area contributed by atoms with Gasteiger partial charge in [0.05, 0.1) is 31.8 Å². The number of aliphatic hydroxyl groups excluding tert-OH is 7. The van der Waals surface area contributed by atoms with E-state index in [1.807, 2.05) is 6.07 Å². The molecule has 0 radical (unpaired) electrons. The van der Waals surface area contributed by atoms with Crippen molar-refractivity contribution >= 4 is 0 Å². The third kappa shape index (κ3) is 6.16. The number of ether oxygens (including phenoxy) is 4. The van der Waals surface area contributed by atoms with E-state index in [1.165, 1.54) is 16.7 Å². The first-order valence-corrected chi connectivity index (χ1v) is 15.8. The Kier molecular flexibility index (Phi) is 10.3. The van der Waals surface area contributed by atoms with Gasteiger partial charge in [-0.1, -0.05) is 31.9 Å². The van der Waals surface area contributed by atoms with Gasteiger partial charge in [0, 0.05) is 0 Å². The summed E-state index contributed by atoms with van der Waals surface area (Å²) in [6.45, 7) is 7.72. The summed E-state index contributed by atoms with van der Waals surface area (Å²) in [6.07, 6.45) is -6.26. The third-order valence-electron chi connectivity index (χ3n) is 10.9. The van der Waals surface area contributed by atoms with Crippen molar-refractivity contribution < 1.29 is 59.1 Å². The fraction of sp³-hybridized carbons (Fsp3) is 0.812. The van der Waals surface area contributed by atoms with Gasteiger partial charge in [0.1, 0.15) is 48.8 Å². The molecular formula is C32H50O12. The van der Waals surface area contributed by atoms with Crippen LogP contribution in [-0.4, -0.2) is 116 Å². The Morgan fingerprint density at radius 3 is 2.11 bits per heavy atom. The molecule has 7 N–H and O–H groups in total. The molecule has 5 rings (SSSR count). The number of hydrogen-bond donors (Lipinski definition) is 7. The summed E-state index contributed by atoms with van der Waals surface area (Å²) in [5.41, 5.74) is 3.71. The van der Waals surface area contributed by atoms with E-state index in [0.29, 0.717) is 6.42 Å². The van der Waals surface area contributed by atoms with Crippen molar-refractivity contribution in [2.45, 2.75) is 134 Å². The number of aryl methyl sites for hydroxylation is 1. The van der Waals surface area contributed by atoms with E-state index in [2.05, 4.69) is 27.7 Å². The van der Waals surface area contributed by atoms with Crippen LogP contribution in [0.5, 0.6) is 0 Å². The standard InChI is InChI=1S/C32H50O12/c1-16-5-8-21-31(2,3)22(9-11-32(21,4)18(16)7-6-17-10-12-40-15-17)43-30-28(26(38)24(36)20(14-34)42-30)44-29-27(39)25(37)23(35)19(13-33)41-29/h10,12,15,19-30,33-39H,5-9,11,13-14H2,1-4H3. The molecule has 1 aromatic rings. The van der Waals surface area contributed by atoms with E-state index in [4.69, 9.17) is 23.4 Å². The van der Waals surface area contributed by atoms with E-state index in [1.54, 1.807) is 12.5 Å². The van der Waals surface area contributed by atoms with Crippen molar-refractivity contribution in [1.29, 1.82) is 0 Å². The molecule has 13 unspecified atom stereocenters. The molecule has 0 bridgehead atoms. The SMILES string of the molecule is CC1=C(CCc2ccoc2)C2(C)CCC(OC3OC(CO)C(O)C(O)C3OC3OC(CO)C(O)C(O)C3O)C(C)(C)C2CC1.